The number of carbonyl (C=O) groups is 2. The lowest BCUT2D eigenvalue weighted by molar-refractivity contribution is -0.140. The van der Waals surface area contributed by atoms with Crippen LogP contribution in [0.4, 0.5) is 4.39 Å². The summed E-state index contributed by atoms with van der Waals surface area (Å²) in [5.41, 5.74) is 5.35. The summed E-state index contributed by atoms with van der Waals surface area (Å²) in [6.45, 7) is 1.21. The van der Waals surface area contributed by atoms with Gasteiger partial charge >= 0.3 is 5.97 Å². The number of nitrogens with zero attached hydrogens (tertiary/aromatic N) is 2. The molecule has 0 radical (unpaired) electrons. The molecule has 1 saturated heterocycles. The Morgan fingerprint density at radius 1 is 1.08 bits per heavy atom. The SMILES string of the molecule is COC1C=C(Cn2nc(F)c3c(-c4cccc(-c5ccc(CNC[C@@H]6CCC(=O)N6)cc5)c4Cl)cccc32)C(Cl)=CC1CN[C@@H](CO)C(=O)O. The number of carboxylic acid groups (broad SMARTS) is 1. The fourth-order valence-corrected chi connectivity index (χ4v) is 7.14. The number of amides is 1. The Kier molecular flexibility index (Phi) is 11.3. The zero-order chi connectivity index (χ0) is 35.4. The van der Waals surface area contributed by atoms with Crippen molar-refractivity contribution in [2.75, 3.05) is 26.8 Å². The van der Waals surface area contributed by atoms with Crippen molar-refractivity contribution < 1.29 is 28.9 Å². The van der Waals surface area contributed by atoms with Gasteiger partial charge in [-0.15, -0.1) is 5.10 Å². The largest absolute Gasteiger partial charge is 0.480 e. The molecule has 0 bridgehead atoms. The molecule has 2 heterocycles. The molecule has 0 spiro atoms. The van der Waals surface area contributed by atoms with Crippen molar-refractivity contribution in [3.8, 4) is 22.3 Å². The number of aromatic nitrogens is 2. The smallest absolute Gasteiger partial charge is 0.323 e. The average molecular weight is 723 g/mol. The molecule has 13 heteroatoms. The zero-order valence-electron chi connectivity index (χ0n) is 27.3. The van der Waals surface area contributed by atoms with Gasteiger partial charge in [0.1, 0.15) is 6.04 Å². The van der Waals surface area contributed by atoms with E-state index >= 15 is 4.39 Å². The van der Waals surface area contributed by atoms with Crippen LogP contribution in [0.25, 0.3) is 33.2 Å². The number of fused-ring (bicyclic) bond motifs is 1. The van der Waals surface area contributed by atoms with E-state index in [0.29, 0.717) is 50.6 Å². The predicted octanol–water partition coefficient (Wildman–Crippen LogP) is 5.26. The Bertz CT molecular complexity index is 1950. The van der Waals surface area contributed by atoms with Gasteiger partial charge in [-0.1, -0.05) is 83.9 Å². The molecule has 5 N–H and O–H groups in total. The number of methoxy groups -OCH3 is 1. The Labute approximate surface area is 298 Å². The normalized spacial score (nSPS) is 19.7. The molecule has 0 saturated carbocycles. The Morgan fingerprint density at radius 2 is 1.82 bits per heavy atom. The summed E-state index contributed by atoms with van der Waals surface area (Å²) >= 11 is 13.7. The molecule has 1 aromatic heterocycles. The van der Waals surface area contributed by atoms with Crippen molar-refractivity contribution in [2.45, 2.75) is 44.1 Å². The fraction of sp³-hybridized carbons (Fsp3) is 0.324. The third kappa shape index (κ3) is 7.78. The standard InChI is InChI=1S/C37H38Cl2FN5O5/c1-50-32-15-24(29(38)14-23(32)17-42-30(20-46)37(48)49)19-45-31-7-3-5-27(34(31)36(40)44-45)28-6-2-4-26(35(28)39)22-10-8-21(9-11-22)16-41-18-25-12-13-33(47)43-25/h2-11,14-15,23,25,30,32,41-42,46H,12-13,16-20H2,1H3,(H,43,47)(H,48,49)/t23?,25-,30-,32?/m0/s1. The third-order valence-corrected chi connectivity index (χ3v) is 10.00. The minimum absolute atomic E-state index is 0.104. The number of benzene rings is 3. The van der Waals surface area contributed by atoms with Crippen molar-refractivity contribution >= 4 is 46.0 Å². The molecule has 262 valence electrons. The van der Waals surface area contributed by atoms with Crippen molar-refractivity contribution in [1.82, 2.24) is 25.7 Å². The lowest BCUT2D eigenvalue weighted by Crippen LogP contribution is -2.44. The minimum atomic E-state index is -1.16. The Hall–Kier alpha value is -4.10. The molecule has 1 fully saturated rings. The Balaban J connectivity index is 1.20. The van der Waals surface area contributed by atoms with Crippen LogP contribution in [0, 0.1) is 11.9 Å². The van der Waals surface area contributed by atoms with Crippen molar-refractivity contribution in [3.05, 3.63) is 100.0 Å². The van der Waals surface area contributed by atoms with Gasteiger partial charge in [0.15, 0.2) is 0 Å². The average Bonchev–Trinajstić information content (AvgIpc) is 3.67. The van der Waals surface area contributed by atoms with Gasteiger partial charge < -0.3 is 30.9 Å². The van der Waals surface area contributed by atoms with Gasteiger partial charge in [0.2, 0.25) is 11.9 Å². The number of ether oxygens (including phenoxy) is 1. The maximum Gasteiger partial charge on any atom is 0.323 e. The quantitative estimate of drug-likeness (QED) is 0.119. The van der Waals surface area contributed by atoms with Gasteiger partial charge in [-0.3, -0.25) is 14.3 Å². The predicted molar refractivity (Wildman–Crippen MR) is 191 cm³/mol. The number of hydrogen-bond acceptors (Lipinski definition) is 7. The second-order valence-corrected chi connectivity index (χ2v) is 13.3. The summed E-state index contributed by atoms with van der Waals surface area (Å²) in [6.07, 6.45) is 4.59. The van der Waals surface area contributed by atoms with E-state index in [1.54, 1.807) is 23.9 Å². The van der Waals surface area contributed by atoms with E-state index in [4.69, 9.17) is 27.9 Å². The molecule has 10 nitrogen and oxygen atoms in total. The van der Waals surface area contributed by atoms with Crippen molar-refractivity contribution in [2.24, 2.45) is 5.92 Å². The van der Waals surface area contributed by atoms with E-state index in [1.807, 2.05) is 60.7 Å². The van der Waals surface area contributed by atoms with E-state index in [1.165, 1.54) is 0 Å². The third-order valence-electron chi connectivity index (χ3n) is 9.22. The van der Waals surface area contributed by atoms with Gasteiger partial charge in [0.05, 0.1) is 35.2 Å². The number of carbonyl (C=O) groups excluding carboxylic acids is 1. The number of hydrogen-bond donors (Lipinski definition) is 5. The highest BCUT2D eigenvalue weighted by Crippen LogP contribution is 2.40. The first-order valence-corrected chi connectivity index (χ1v) is 17.1. The van der Waals surface area contributed by atoms with Crippen LogP contribution in [-0.4, -0.2) is 76.9 Å². The lowest BCUT2D eigenvalue weighted by Gasteiger charge is -2.28. The maximum atomic E-state index is 15.7. The van der Waals surface area contributed by atoms with Gasteiger partial charge in [-0.2, -0.15) is 4.39 Å². The van der Waals surface area contributed by atoms with E-state index in [0.717, 1.165) is 29.7 Å². The van der Waals surface area contributed by atoms with Crippen LogP contribution in [0.5, 0.6) is 0 Å². The molecule has 1 aliphatic carbocycles. The van der Waals surface area contributed by atoms with Crippen LogP contribution in [0.3, 0.4) is 0 Å². The fourth-order valence-electron chi connectivity index (χ4n) is 6.52. The van der Waals surface area contributed by atoms with E-state index in [2.05, 4.69) is 21.0 Å². The van der Waals surface area contributed by atoms with Crippen LogP contribution in [0.2, 0.25) is 5.02 Å². The first kappa shape index (κ1) is 35.7. The number of rotatable bonds is 14. The second-order valence-electron chi connectivity index (χ2n) is 12.5. The van der Waals surface area contributed by atoms with E-state index < -0.39 is 30.7 Å². The summed E-state index contributed by atoms with van der Waals surface area (Å²) in [6, 6.07) is 18.3. The molecular formula is C37H38Cl2FN5O5. The minimum Gasteiger partial charge on any atom is -0.480 e. The molecule has 1 aliphatic heterocycles. The molecule has 50 heavy (non-hydrogen) atoms. The number of halogens is 3. The van der Waals surface area contributed by atoms with Crippen molar-refractivity contribution in [1.29, 1.82) is 0 Å². The molecule has 2 aliphatic rings. The topological polar surface area (TPSA) is 138 Å². The summed E-state index contributed by atoms with van der Waals surface area (Å²) in [5.74, 6) is -1.99. The molecule has 4 aromatic rings. The maximum absolute atomic E-state index is 15.7. The van der Waals surface area contributed by atoms with Crippen LogP contribution in [-0.2, 0) is 27.4 Å². The van der Waals surface area contributed by atoms with Gasteiger partial charge in [-0.25, -0.2) is 0 Å². The number of aliphatic carboxylic acids is 1. The zero-order valence-corrected chi connectivity index (χ0v) is 28.8. The van der Waals surface area contributed by atoms with Crippen molar-refractivity contribution in [3.63, 3.8) is 0 Å². The Morgan fingerprint density at radius 3 is 2.52 bits per heavy atom. The summed E-state index contributed by atoms with van der Waals surface area (Å²) in [7, 11) is 1.54. The first-order valence-electron chi connectivity index (χ1n) is 16.4. The lowest BCUT2D eigenvalue weighted by atomic mass is 9.93. The van der Waals surface area contributed by atoms with Gasteiger partial charge in [-0.05, 0) is 40.8 Å². The highest BCUT2D eigenvalue weighted by molar-refractivity contribution is 6.36. The molecule has 6 rings (SSSR count). The summed E-state index contributed by atoms with van der Waals surface area (Å²) in [4.78, 5) is 22.8. The van der Waals surface area contributed by atoms with Gasteiger partial charge in [0.25, 0.3) is 0 Å². The van der Waals surface area contributed by atoms with Crippen LogP contribution < -0.4 is 16.0 Å². The monoisotopic (exact) mass is 721 g/mol. The van der Waals surface area contributed by atoms with Gasteiger partial charge in [0, 0.05) is 61.3 Å². The molecule has 4 atom stereocenters. The van der Waals surface area contributed by atoms with E-state index in [-0.39, 0.29) is 31.0 Å². The summed E-state index contributed by atoms with van der Waals surface area (Å²) < 4.78 is 22.9. The number of nitrogens with one attached hydrogen (secondary N) is 3. The molecule has 2 unspecified atom stereocenters. The molecule has 1 amide bonds. The summed E-state index contributed by atoms with van der Waals surface area (Å²) in [5, 5.41) is 33.3. The van der Waals surface area contributed by atoms with Crippen LogP contribution >= 0.6 is 23.2 Å². The number of carboxylic acids is 1. The number of aliphatic hydroxyl groups is 1. The molecular weight excluding hydrogens is 684 g/mol. The van der Waals surface area contributed by atoms with Crippen LogP contribution in [0.15, 0.2) is 83.4 Å². The second kappa shape index (κ2) is 15.8. The van der Waals surface area contributed by atoms with E-state index in [9.17, 15) is 19.8 Å². The van der Waals surface area contributed by atoms with Crippen LogP contribution in [0.1, 0.15) is 18.4 Å². The first-order chi connectivity index (χ1) is 24.2. The highest BCUT2D eigenvalue weighted by Gasteiger charge is 2.28. The molecule has 3 aromatic carbocycles. The number of allylic oxidation sites excluding steroid dienone is 2. The highest BCUT2D eigenvalue weighted by atomic mass is 35.5. The number of aliphatic hydroxyl groups excluding tert-OH is 1.